The number of amides is 1. The molecule has 0 saturated heterocycles. The van der Waals surface area contributed by atoms with E-state index in [9.17, 15) is 17.6 Å². The summed E-state index contributed by atoms with van der Waals surface area (Å²) in [5.74, 6) is 0.608. The molecule has 7 nitrogen and oxygen atoms in total. The van der Waals surface area contributed by atoms with Crippen molar-refractivity contribution < 1.29 is 27.1 Å². The normalized spacial score (nSPS) is 12.0. The van der Waals surface area contributed by atoms with Gasteiger partial charge in [0.25, 0.3) is 5.91 Å². The third kappa shape index (κ3) is 7.71. The van der Waals surface area contributed by atoms with E-state index in [4.69, 9.17) is 9.47 Å². The van der Waals surface area contributed by atoms with Gasteiger partial charge < -0.3 is 14.8 Å². The van der Waals surface area contributed by atoms with E-state index in [1.165, 1.54) is 23.5 Å². The molecule has 0 aliphatic rings. The fourth-order valence-corrected chi connectivity index (χ4v) is 3.67. The SMILES string of the molecule is CCC(Oc1ccc(N(C)S(C)(=O)=O)cc1)C(=O)NCc1ccc(OCc2ccc(F)cc2)cc1. The molecular formula is C26H29FN2O5S. The summed E-state index contributed by atoms with van der Waals surface area (Å²) in [6, 6.07) is 20.0. The van der Waals surface area contributed by atoms with Gasteiger partial charge in [-0.15, -0.1) is 0 Å². The molecule has 0 aliphatic carbocycles. The predicted molar refractivity (Wildman–Crippen MR) is 133 cm³/mol. The zero-order valence-corrected chi connectivity index (χ0v) is 20.7. The van der Waals surface area contributed by atoms with E-state index < -0.39 is 16.1 Å². The van der Waals surface area contributed by atoms with Crippen LogP contribution in [0.15, 0.2) is 72.8 Å². The highest BCUT2D eigenvalue weighted by molar-refractivity contribution is 7.92. The Morgan fingerprint density at radius 1 is 0.943 bits per heavy atom. The van der Waals surface area contributed by atoms with Gasteiger partial charge in [0.1, 0.15) is 23.9 Å². The van der Waals surface area contributed by atoms with Gasteiger partial charge in [0, 0.05) is 13.6 Å². The molecule has 3 aromatic carbocycles. The number of anilines is 1. The molecule has 1 N–H and O–H groups in total. The van der Waals surface area contributed by atoms with E-state index >= 15 is 0 Å². The molecule has 0 aromatic heterocycles. The van der Waals surface area contributed by atoms with Gasteiger partial charge >= 0.3 is 0 Å². The lowest BCUT2D eigenvalue weighted by atomic mass is 10.2. The van der Waals surface area contributed by atoms with Crippen molar-refractivity contribution in [3.63, 3.8) is 0 Å². The highest BCUT2D eigenvalue weighted by Gasteiger charge is 2.19. The fraction of sp³-hybridized carbons (Fsp3) is 0.269. The Morgan fingerprint density at radius 2 is 1.51 bits per heavy atom. The van der Waals surface area contributed by atoms with E-state index in [2.05, 4.69) is 5.32 Å². The van der Waals surface area contributed by atoms with Crippen LogP contribution in [0.3, 0.4) is 0 Å². The maximum Gasteiger partial charge on any atom is 0.261 e. The number of hydrogen-bond acceptors (Lipinski definition) is 5. The van der Waals surface area contributed by atoms with Crippen LogP contribution >= 0.6 is 0 Å². The zero-order chi connectivity index (χ0) is 25.4. The molecule has 0 spiro atoms. The molecule has 0 heterocycles. The summed E-state index contributed by atoms with van der Waals surface area (Å²) in [7, 11) is -1.89. The van der Waals surface area contributed by atoms with Crippen LogP contribution in [0.1, 0.15) is 24.5 Å². The van der Waals surface area contributed by atoms with Crippen LogP contribution in [0, 0.1) is 5.82 Å². The quantitative estimate of drug-likeness (QED) is 0.425. The number of carbonyl (C=O) groups is 1. The van der Waals surface area contributed by atoms with Crippen LogP contribution in [-0.4, -0.2) is 33.7 Å². The van der Waals surface area contributed by atoms with Crippen molar-refractivity contribution in [2.45, 2.75) is 32.6 Å². The second-order valence-corrected chi connectivity index (χ2v) is 10.0. The van der Waals surface area contributed by atoms with Crippen molar-refractivity contribution >= 4 is 21.6 Å². The van der Waals surface area contributed by atoms with Gasteiger partial charge in [0.2, 0.25) is 10.0 Å². The first-order chi connectivity index (χ1) is 16.7. The van der Waals surface area contributed by atoms with Crippen molar-refractivity contribution in [2.75, 3.05) is 17.6 Å². The number of rotatable bonds is 11. The Morgan fingerprint density at radius 3 is 2.09 bits per heavy atom. The van der Waals surface area contributed by atoms with Gasteiger partial charge in [-0.25, -0.2) is 12.8 Å². The molecule has 1 unspecified atom stereocenters. The molecule has 186 valence electrons. The van der Waals surface area contributed by atoms with Crippen LogP contribution in [-0.2, 0) is 28.0 Å². The summed E-state index contributed by atoms with van der Waals surface area (Å²) in [6.45, 7) is 2.51. The Balaban J connectivity index is 1.49. The molecule has 0 bridgehead atoms. The molecule has 3 rings (SSSR count). The van der Waals surface area contributed by atoms with Crippen molar-refractivity contribution in [2.24, 2.45) is 0 Å². The second kappa shape index (κ2) is 11.7. The monoisotopic (exact) mass is 500 g/mol. The van der Waals surface area contributed by atoms with Crippen LogP contribution in [0.25, 0.3) is 0 Å². The van der Waals surface area contributed by atoms with Gasteiger partial charge in [0.15, 0.2) is 6.10 Å². The maximum absolute atomic E-state index is 13.0. The average molecular weight is 501 g/mol. The van der Waals surface area contributed by atoms with Crippen LogP contribution in [0.5, 0.6) is 11.5 Å². The number of halogens is 1. The highest BCUT2D eigenvalue weighted by Crippen LogP contribution is 2.22. The first-order valence-electron chi connectivity index (χ1n) is 11.1. The molecule has 1 amide bonds. The van der Waals surface area contributed by atoms with E-state index in [-0.39, 0.29) is 11.7 Å². The Bertz CT molecular complexity index is 1210. The minimum Gasteiger partial charge on any atom is -0.489 e. The Kier molecular flexibility index (Phi) is 8.70. The first kappa shape index (κ1) is 26.0. The summed E-state index contributed by atoms with van der Waals surface area (Å²) in [5, 5.41) is 2.87. The Hall–Kier alpha value is -3.59. The lowest BCUT2D eigenvalue weighted by molar-refractivity contribution is -0.128. The van der Waals surface area contributed by atoms with Crippen LogP contribution in [0.2, 0.25) is 0 Å². The van der Waals surface area contributed by atoms with Crippen LogP contribution in [0.4, 0.5) is 10.1 Å². The number of hydrogen-bond donors (Lipinski definition) is 1. The lowest BCUT2D eigenvalue weighted by Crippen LogP contribution is -2.37. The van der Waals surface area contributed by atoms with Gasteiger partial charge in [-0.1, -0.05) is 31.2 Å². The second-order valence-electron chi connectivity index (χ2n) is 8.02. The summed E-state index contributed by atoms with van der Waals surface area (Å²) >= 11 is 0. The summed E-state index contributed by atoms with van der Waals surface area (Å²) in [4.78, 5) is 12.6. The first-order valence-corrected chi connectivity index (χ1v) is 12.9. The van der Waals surface area contributed by atoms with Crippen molar-refractivity contribution in [1.82, 2.24) is 5.32 Å². The van der Waals surface area contributed by atoms with E-state index in [1.54, 1.807) is 36.4 Å². The summed E-state index contributed by atoms with van der Waals surface area (Å²) in [6.07, 6.45) is 0.906. The third-order valence-electron chi connectivity index (χ3n) is 5.35. The summed E-state index contributed by atoms with van der Waals surface area (Å²) in [5.41, 5.74) is 2.27. The zero-order valence-electron chi connectivity index (χ0n) is 19.9. The molecule has 9 heteroatoms. The summed E-state index contributed by atoms with van der Waals surface area (Å²) < 4.78 is 49.0. The van der Waals surface area contributed by atoms with E-state index in [1.807, 2.05) is 31.2 Å². The van der Waals surface area contributed by atoms with Gasteiger partial charge in [-0.05, 0) is 66.1 Å². The minimum absolute atomic E-state index is 0.249. The largest absolute Gasteiger partial charge is 0.489 e. The smallest absolute Gasteiger partial charge is 0.261 e. The van der Waals surface area contributed by atoms with Gasteiger partial charge in [0.05, 0.1) is 11.9 Å². The molecule has 0 radical (unpaired) electrons. The average Bonchev–Trinajstić information content (AvgIpc) is 2.85. The van der Waals surface area contributed by atoms with Crippen LogP contribution < -0.4 is 19.1 Å². The maximum atomic E-state index is 13.0. The van der Waals surface area contributed by atoms with Gasteiger partial charge in [-0.3, -0.25) is 9.10 Å². The fourth-order valence-electron chi connectivity index (χ4n) is 3.17. The third-order valence-corrected chi connectivity index (χ3v) is 6.55. The van der Waals surface area contributed by atoms with Crippen molar-refractivity contribution in [3.05, 3.63) is 89.7 Å². The van der Waals surface area contributed by atoms with Gasteiger partial charge in [-0.2, -0.15) is 0 Å². The molecule has 1 atom stereocenters. The number of nitrogens with one attached hydrogen (secondary N) is 1. The number of carbonyl (C=O) groups excluding carboxylic acids is 1. The van der Waals surface area contributed by atoms with Crippen molar-refractivity contribution in [1.29, 1.82) is 0 Å². The molecule has 0 aliphatic heterocycles. The Labute approximate surface area is 205 Å². The lowest BCUT2D eigenvalue weighted by Gasteiger charge is -2.19. The number of ether oxygens (including phenoxy) is 2. The predicted octanol–water partition coefficient (Wildman–Crippen LogP) is 4.27. The molecular weight excluding hydrogens is 471 g/mol. The van der Waals surface area contributed by atoms with Crippen molar-refractivity contribution in [3.8, 4) is 11.5 Å². The molecule has 35 heavy (non-hydrogen) atoms. The number of sulfonamides is 1. The topological polar surface area (TPSA) is 84.9 Å². The molecule has 0 saturated carbocycles. The van der Waals surface area contributed by atoms with E-state index in [0.717, 1.165) is 17.4 Å². The molecule has 3 aromatic rings. The molecule has 0 fully saturated rings. The minimum atomic E-state index is -3.36. The van der Waals surface area contributed by atoms with E-state index in [0.29, 0.717) is 36.8 Å². The standard InChI is InChI=1S/C26H29FN2O5S/c1-4-25(34-24-15-11-22(12-16-24)29(2)35(3,31)32)26(30)28-17-19-7-13-23(14-8-19)33-18-20-5-9-21(27)10-6-20/h5-16,25H,4,17-18H2,1-3H3,(H,28,30). The number of nitrogens with zero attached hydrogens (tertiary/aromatic N) is 1. The highest BCUT2D eigenvalue weighted by atomic mass is 32.2. The number of benzene rings is 3.